The van der Waals surface area contributed by atoms with E-state index in [1.807, 2.05) is 6.26 Å². The molecular formula is C22H29N3S. The quantitative estimate of drug-likeness (QED) is 0.581. The number of nitrogens with zero attached hydrogens (tertiary/aromatic N) is 2. The van der Waals surface area contributed by atoms with Crippen LogP contribution in [0.3, 0.4) is 0 Å². The molecule has 2 atom stereocenters. The Bertz CT molecular complexity index is 757. The van der Waals surface area contributed by atoms with E-state index in [4.69, 9.17) is 5.73 Å². The molecule has 0 aromatic heterocycles. The average molecular weight is 368 g/mol. The van der Waals surface area contributed by atoms with Gasteiger partial charge < -0.3 is 5.73 Å². The second-order valence-corrected chi connectivity index (χ2v) is 7.82. The van der Waals surface area contributed by atoms with Crippen LogP contribution in [0, 0.1) is 0 Å². The fourth-order valence-electron chi connectivity index (χ4n) is 3.93. The molecule has 138 valence electrons. The molecule has 2 N–H and O–H groups in total. The Hall–Kier alpha value is -1.78. The second kappa shape index (κ2) is 8.74. The predicted octanol–water partition coefficient (Wildman–Crippen LogP) is 4.94. The minimum atomic E-state index is 0.431. The summed E-state index contributed by atoms with van der Waals surface area (Å²) in [5.41, 5.74) is 11.1. The molecule has 3 nitrogen and oxygen atoms in total. The summed E-state index contributed by atoms with van der Waals surface area (Å²) in [5.74, 6) is 0. The van der Waals surface area contributed by atoms with E-state index in [-0.39, 0.29) is 0 Å². The standard InChI is InChI=1S/C22H29N3S/c1-4-12-25(16(2)17-8-6-5-7-9-17)21-14-18-10-11-20(13-19(18)15-21)24-22(23)26-3/h5-11,13,16,21H,4,12,14-15H2,1-3H3,(H2,23,24). The summed E-state index contributed by atoms with van der Waals surface area (Å²) in [7, 11) is 0. The Morgan fingerprint density at radius 1 is 1.19 bits per heavy atom. The summed E-state index contributed by atoms with van der Waals surface area (Å²) in [6.45, 7) is 5.73. The lowest BCUT2D eigenvalue weighted by Gasteiger charge is -2.34. The summed E-state index contributed by atoms with van der Waals surface area (Å²) in [5, 5.41) is 0.616. The Morgan fingerprint density at radius 2 is 1.92 bits per heavy atom. The zero-order valence-electron chi connectivity index (χ0n) is 16.0. The molecule has 3 rings (SSSR count). The van der Waals surface area contributed by atoms with Crippen LogP contribution in [0.25, 0.3) is 0 Å². The van der Waals surface area contributed by atoms with Crippen LogP contribution < -0.4 is 5.73 Å². The van der Waals surface area contributed by atoms with E-state index in [9.17, 15) is 0 Å². The SMILES string of the molecule is CCCN(C1Cc2ccc(N=C(N)SC)cc2C1)C(C)c1ccccc1. The van der Waals surface area contributed by atoms with Crippen LogP contribution in [0.15, 0.2) is 53.5 Å². The van der Waals surface area contributed by atoms with Gasteiger partial charge in [-0.25, -0.2) is 4.99 Å². The zero-order valence-corrected chi connectivity index (χ0v) is 16.8. The minimum absolute atomic E-state index is 0.431. The van der Waals surface area contributed by atoms with Gasteiger partial charge in [-0.15, -0.1) is 0 Å². The fourth-order valence-corrected chi connectivity index (χ4v) is 4.13. The van der Waals surface area contributed by atoms with Gasteiger partial charge in [0.15, 0.2) is 5.17 Å². The van der Waals surface area contributed by atoms with Crippen molar-refractivity contribution in [1.82, 2.24) is 4.90 Å². The first-order valence-corrected chi connectivity index (χ1v) is 10.7. The van der Waals surface area contributed by atoms with Gasteiger partial charge >= 0.3 is 0 Å². The summed E-state index contributed by atoms with van der Waals surface area (Å²) in [6.07, 6.45) is 5.34. The third-order valence-electron chi connectivity index (χ3n) is 5.28. The molecule has 2 unspecified atom stereocenters. The molecule has 4 heteroatoms. The number of hydrogen-bond donors (Lipinski definition) is 1. The van der Waals surface area contributed by atoms with E-state index in [0.29, 0.717) is 17.3 Å². The van der Waals surface area contributed by atoms with E-state index in [1.165, 1.54) is 34.9 Å². The zero-order chi connectivity index (χ0) is 18.5. The topological polar surface area (TPSA) is 41.6 Å². The monoisotopic (exact) mass is 367 g/mol. The molecule has 0 heterocycles. The van der Waals surface area contributed by atoms with Crippen molar-refractivity contribution in [3.05, 3.63) is 65.2 Å². The van der Waals surface area contributed by atoms with Gasteiger partial charge in [-0.1, -0.05) is 55.1 Å². The third kappa shape index (κ3) is 4.30. The smallest absolute Gasteiger partial charge is 0.158 e. The van der Waals surface area contributed by atoms with Crippen LogP contribution in [0.1, 0.15) is 43.0 Å². The van der Waals surface area contributed by atoms with E-state index in [2.05, 4.69) is 72.3 Å². The number of amidine groups is 1. The predicted molar refractivity (Wildman–Crippen MR) is 114 cm³/mol. The molecule has 0 radical (unpaired) electrons. The molecule has 26 heavy (non-hydrogen) atoms. The van der Waals surface area contributed by atoms with Crippen LogP contribution in [0.4, 0.5) is 5.69 Å². The van der Waals surface area contributed by atoms with Gasteiger partial charge in [0, 0.05) is 12.1 Å². The maximum Gasteiger partial charge on any atom is 0.158 e. The second-order valence-electron chi connectivity index (χ2n) is 6.99. The van der Waals surface area contributed by atoms with Crippen molar-refractivity contribution in [2.24, 2.45) is 10.7 Å². The highest BCUT2D eigenvalue weighted by molar-refractivity contribution is 8.13. The number of hydrogen-bond acceptors (Lipinski definition) is 3. The van der Waals surface area contributed by atoms with Crippen LogP contribution in [0.2, 0.25) is 0 Å². The maximum absolute atomic E-state index is 5.87. The van der Waals surface area contributed by atoms with Gasteiger partial charge in [0.05, 0.1) is 5.69 Å². The van der Waals surface area contributed by atoms with Crippen LogP contribution >= 0.6 is 11.8 Å². The molecule has 0 bridgehead atoms. The summed E-state index contributed by atoms with van der Waals surface area (Å²) < 4.78 is 0. The van der Waals surface area contributed by atoms with Gasteiger partial charge in [0.2, 0.25) is 0 Å². The fraction of sp³-hybridized carbons (Fsp3) is 0.409. The largest absolute Gasteiger partial charge is 0.378 e. The maximum atomic E-state index is 5.87. The number of fused-ring (bicyclic) bond motifs is 1. The van der Waals surface area contributed by atoms with Crippen molar-refractivity contribution in [2.75, 3.05) is 12.8 Å². The number of nitrogens with two attached hydrogens (primary N) is 1. The normalized spacial score (nSPS) is 18.2. The summed E-state index contributed by atoms with van der Waals surface area (Å²) in [4.78, 5) is 7.16. The van der Waals surface area contributed by atoms with Crippen LogP contribution in [0.5, 0.6) is 0 Å². The Balaban J connectivity index is 1.79. The highest BCUT2D eigenvalue weighted by Crippen LogP contribution is 2.33. The molecule has 0 saturated carbocycles. The first-order chi connectivity index (χ1) is 12.6. The van der Waals surface area contributed by atoms with Crippen molar-refractivity contribution in [3.63, 3.8) is 0 Å². The van der Waals surface area contributed by atoms with Crippen molar-refractivity contribution in [1.29, 1.82) is 0 Å². The summed E-state index contributed by atoms with van der Waals surface area (Å²) >= 11 is 1.49. The van der Waals surface area contributed by atoms with Gasteiger partial charge in [-0.2, -0.15) is 0 Å². The lowest BCUT2D eigenvalue weighted by molar-refractivity contribution is 0.148. The number of aliphatic imine (C=N–C) groups is 1. The highest BCUT2D eigenvalue weighted by atomic mass is 32.2. The molecular weight excluding hydrogens is 338 g/mol. The Morgan fingerprint density at radius 3 is 2.62 bits per heavy atom. The molecule has 1 aliphatic rings. The molecule has 0 spiro atoms. The Kier molecular flexibility index (Phi) is 6.38. The first kappa shape index (κ1) is 19.0. The number of thioether (sulfide) groups is 1. The lowest BCUT2D eigenvalue weighted by atomic mass is 10.0. The highest BCUT2D eigenvalue weighted by Gasteiger charge is 2.29. The molecule has 0 aliphatic heterocycles. The molecule has 2 aromatic rings. The van der Waals surface area contributed by atoms with Crippen molar-refractivity contribution >= 4 is 22.6 Å². The van der Waals surface area contributed by atoms with Crippen molar-refractivity contribution in [2.45, 2.75) is 45.2 Å². The third-order valence-corrected chi connectivity index (χ3v) is 5.79. The van der Waals surface area contributed by atoms with Gasteiger partial charge in [0.1, 0.15) is 0 Å². The number of benzene rings is 2. The number of rotatable bonds is 6. The van der Waals surface area contributed by atoms with Gasteiger partial charge in [0.25, 0.3) is 0 Å². The lowest BCUT2D eigenvalue weighted by Crippen LogP contribution is -2.38. The molecule has 2 aromatic carbocycles. The average Bonchev–Trinajstić information content (AvgIpc) is 3.09. The van der Waals surface area contributed by atoms with Crippen LogP contribution in [-0.2, 0) is 12.8 Å². The van der Waals surface area contributed by atoms with Crippen molar-refractivity contribution < 1.29 is 0 Å². The first-order valence-electron chi connectivity index (χ1n) is 9.43. The molecule has 1 aliphatic carbocycles. The van der Waals surface area contributed by atoms with E-state index < -0.39 is 0 Å². The van der Waals surface area contributed by atoms with Gasteiger partial charge in [-0.05, 0) is 67.8 Å². The van der Waals surface area contributed by atoms with Gasteiger partial charge in [-0.3, -0.25) is 4.90 Å². The Labute approximate surface area is 161 Å². The van der Waals surface area contributed by atoms with E-state index in [1.54, 1.807) is 0 Å². The van der Waals surface area contributed by atoms with E-state index >= 15 is 0 Å². The van der Waals surface area contributed by atoms with Crippen molar-refractivity contribution in [3.8, 4) is 0 Å². The minimum Gasteiger partial charge on any atom is -0.378 e. The van der Waals surface area contributed by atoms with Crippen LogP contribution in [-0.4, -0.2) is 28.9 Å². The molecule has 0 amide bonds. The van der Waals surface area contributed by atoms with E-state index in [0.717, 1.165) is 25.1 Å². The summed E-state index contributed by atoms with van der Waals surface area (Å²) in [6, 6.07) is 18.4. The molecule has 0 saturated heterocycles. The molecule has 0 fully saturated rings.